The van der Waals surface area contributed by atoms with Gasteiger partial charge in [-0.25, -0.2) is 0 Å². The Kier molecular flexibility index (Phi) is 5.90. The summed E-state index contributed by atoms with van der Waals surface area (Å²) in [5.74, 6) is -0.719. The molecule has 10 nitrogen and oxygen atoms in total. The maximum absolute atomic E-state index is 13.3. The van der Waals surface area contributed by atoms with Crippen molar-refractivity contribution < 1.29 is 14.4 Å². The van der Waals surface area contributed by atoms with Gasteiger partial charge in [-0.05, 0) is 56.2 Å². The molecule has 1 aromatic heterocycles. The van der Waals surface area contributed by atoms with E-state index in [0.29, 0.717) is 46.0 Å². The Labute approximate surface area is 207 Å². The smallest absolute Gasteiger partial charge is 0.273 e. The summed E-state index contributed by atoms with van der Waals surface area (Å²) < 4.78 is 1.66. The second-order valence-electron chi connectivity index (χ2n) is 9.12. The molecular formula is C26H25N7O3. The molecule has 10 heteroatoms. The van der Waals surface area contributed by atoms with E-state index >= 15 is 0 Å². The maximum Gasteiger partial charge on any atom is 0.273 e. The summed E-state index contributed by atoms with van der Waals surface area (Å²) in [6, 6.07) is 15.4. The van der Waals surface area contributed by atoms with Gasteiger partial charge in [0.15, 0.2) is 0 Å². The van der Waals surface area contributed by atoms with Crippen molar-refractivity contribution in [3.05, 3.63) is 65.4 Å². The molecule has 4 N–H and O–H groups in total. The molecule has 1 atom stereocenters. The van der Waals surface area contributed by atoms with E-state index in [1.54, 1.807) is 58.1 Å². The molecule has 1 saturated carbocycles. The van der Waals surface area contributed by atoms with Gasteiger partial charge in [-0.1, -0.05) is 12.1 Å². The van der Waals surface area contributed by atoms with E-state index in [1.165, 1.54) is 0 Å². The van der Waals surface area contributed by atoms with Crippen LogP contribution in [0, 0.1) is 17.2 Å². The van der Waals surface area contributed by atoms with Crippen LogP contribution in [-0.2, 0) is 4.79 Å². The van der Waals surface area contributed by atoms with Gasteiger partial charge in [0.1, 0.15) is 5.69 Å². The number of amides is 3. The molecule has 0 radical (unpaired) electrons. The first kappa shape index (κ1) is 23.1. The van der Waals surface area contributed by atoms with E-state index < -0.39 is 0 Å². The van der Waals surface area contributed by atoms with Crippen molar-refractivity contribution >= 4 is 29.1 Å². The largest absolute Gasteiger partial charge is 0.398 e. The number of para-hydroxylation sites is 1. The normalized spacial score (nSPS) is 16.7. The molecular weight excluding hydrogens is 458 g/mol. The minimum absolute atomic E-state index is 0.00426. The van der Waals surface area contributed by atoms with Crippen LogP contribution in [0.5, 0.6) is 0 Å². The van der Waals surface area contributed by atoms with Crippen molar-refractivity contribution in [2.24, 2.45) is 5.92 Å². The van der Waals surface area contributed by atoms with Crippen molar-refractivity contribution in [1.82, 2.24) is 20.0 Å². The highest BCUT2D eigenvalue weighted by atomic mass is 16.2. The predicted octanol–water partition coefficient (Wildman–Crippen LogP) is 2.76. The number of nitrogens with one attached hydrogen (secondary N) is 2. The number of anilines is 2. The highest BCUT2D eigenvalue weighted by Crippen LogP contribution is 2.34. The monoisotopic (exact) mass is 483 g/mol. The number of nitrogens with zero attached hydrogens (tertiary/aromatic N) is 4. The lowest BCUT2D eigenvalue weighted by Gasteiger charge is -2.31. The molecule has 36 heavy (non-hydrogen) atoms. The zero-order chi connectivity index (χ0) is 25.4. The number of rotatable bonds is 6. The number of nitrogens with two attached hydrogens (primary N) is 1. The fourth-order valence-electron chi connectivity index (χ4n) is 4.29. The first-order valence-corrected chi connectivity index (χ1v) is 11.7. The molecule has 182 valence electrons. The molecule has 0 bridgehead atoms. The molecule has 3 amide bonds. The summed E-state index contributed by atoms with van der Waals surface area (Å²) in [5, 5.41) is 19.7. The van der Waals surface area contributed by atoms with Crippen LogP contribution in [-0.4, -0.2) is 45.6 Å². The second-order valence-corrected chi connectivity index (χ2v) is 9.12. The van der Waals surface area contributed by atoms with E-state index in [-0.39, 0.29) is 36.3 Å². The highest BCUT2D eigenvalue weighted by molar-refractivity contribution is 6.00. The lowest BCUT2D eigenvalue weighted by molar-refractivity contribution is -0.117. The molecule has 0 unspecified atom stereocenters. The molecule has 2 heterocycles. The Bertz CT molecular complexity index is 1420. The van der Waals surface area contributed by atoms with Crippen LogP contribution in [0.4, 0.5) is 11.4 Å². The molecule has 1 fully saturated rings. The van der Waals surface area contributed by atoms with E-state index in [0.717, 1.165) is 12.8 Å². The van der Waals surface area contributed by atoms with E-state index in [1.807, 2.05) is 6.92 Å². The molecule has 3 aromatic rings. The molecule has 1 aliphatic carbocycles. The number of carbonyl (C=O) groups excluding carboxylic acids is 3. The number of carbonyl (C=O) groups is 3. The van der Waals surface area contributed by atoms with Crippen LogP contribution < -0.4 is 16.4 Å². The van der Waals surface area contributed by atoms with Crippen LogP contribution in [0.2, 0.25) is 0 Å². The van der Waals surface area contributed by atoms with Gasteiger partial charge < -0.3 is 21.3 Å². The van der Waals surface area contributed by atoms with Crippen LogP contribution >= 0.6 is 0 Å². The minimum Gasteiger partial charge on any atom is -0.398 e. The van der Waals surface area contributed by atoms with Crippen molar-refractivity contribution in [3.8, 4) is 17.3 Å². The summed E-state index contributed by atoms with van der Waals surface area (Å²) in [6.07, 6.45) is 1.71. The molecule has 0 saturated heterocycles. The Hall–Kier alpha value is -4.65. The van der Waals surface area contributed by atoms with Gasteiger partial charge in [-0.15, -0.1) is 0 Å². The third-order valence-electron chi connectivity index (χ3n) is 6.41. The Morgan fingerprint density at radius 3 is 2.69 bits per heavy atom. The molecule has 1 aliphatic heterocycles. The van der Waals surface area contributed by atoms with Crippen molar-refractivity contribution in [2.75, 3.05) is 24.3 Å². The Morgan fingerprint density at radius 2 is 1.97 bits per heavy atom. The molecule has 5 rings (SSSR count). The first-order chi connectivity index (χ1) is 17.4. The van der Waals surface area contributed by atoms with E-state index in [2.05, 4.69) is 21.8 Å². The second kappa shape index (κ2) is 9.19. The van der Waals surface area contributed by atoms with Crippen LogP contribution in [0.15, 0.2) is 48.5 Å². The first-order valence-electron chi connectivity index (χ1n) is 11.7. The van der Waals surface area contributed by atoms with Crippen LogP contribution in [0.25, 0.3) is 11.3 Å². The van der Waals surface area contributed by atoms with Crippen LogP contribution in [0.1, 0.15) is 52.2 Å². The quantitative estimate of drug-likeness (QED) is 0.460. The fourth-order valence-corrected chi connectivity index (χ4v) is 4.29. The van der Waals surface area contributed by atoms with Gasteiger partial charge in [-0.2, -0.15) is 10.4 Å². The van der Waals surface area contributed by atoms with Crippen molar-refractivity contribution in [3.63, 3.8) is 0 Å². The van der Waals surface area contributed by atoms with E-state index in [4.69, 9.17) is 5.73 Å². The number of hydrogen-bond donors (Lipinski definition) is 3. The Balaban J connectivity index is 1.38. The number of aromatic nitrogens is 2. The average Bonchev–Trinajstić information content (AvgIpc) is 3.63. The van der Waals surface area contributed by atoms with Crippen molar-refractivity contribution in [2.45, 2.75) is 25.8 Å². The highest BCUT2D eigenvalue weighted by Gasteiger charge is 2.33. The Morgan fingerprint density at radius 1 is 1.19 bits per heavy atom. The van der Waals surface area contributed by atoms with Crippen molar-refractivity contribution in [1.29, 1.82) is 5.26 Å². The van der Waals surface area contributed by atoms with Gasteiger partial charge in [0.05, 0.1) is 41.3 Å². The van der Waals surface area contributed by atoms with Gasteiger partial charge >= 0.3 is 0 Å². The number of fused-ring (bicyclic) bond motifs is 1. The van der Waals surface area contributed by atoms with Gasteiger partial charge in [0.2, 0.25) is 5.91 Å². The zero-order valence-corrected chi connectivity index (χ0v) is 19.7. The van der Waals surface area contributed by atoms with Gasteiger partial charge in [-0.3, -0.25) is 19.1 Å². The molecule has 2 aromatic carbocycles. The number of nitrogen functional groups attached to an aromatic ring is 1. The summed E-state index contributed by atoms with van der Waals surface area (Å²) in [6.45, 7) is 2.32. The third kappa shape index (κ3) is 4.38. The topological polar surface area (TPSA) is 146 Å². The minimum atomic E-state index is -0.359. The summed E-state index contributed by atoms with van der Waals surface area (Å²) in [7, 11) is 0. The SMILES string of the molecule is C[C@H]1CN(CNC(=O)c2ccccc2N)C(=O)c2cc(-c3ccc(C#N)cc3NC(=O)C3CC3)nn21. The summed E-state index contributed by atoms with van der Waals surface area (Å²) in [4.78, 5) is 39.8. The standard InChI is InChI=1S/C26H25N7O3/c1-15-13-32(14-29-25(35)18-4-2-3-5-20(18)28)26(36)23-11-22(31-33(15)23)19-9-6-16(12-27)10-21(19)30-24(34)17-7-8-17/h2-6,9-11,15,17H,7-8,13-14,28H2,1H3,(H,29,35)(H,30,34)/t15-/m0/s1. The maximum atomic E-state index is 13.3. The lowest BCUT2D eigenvalue weighted by Crippen LogP contribution is -2.47. The summed E-state index contributed by atoms with van der Waals surface area (Å²) >= 11 is 0. The number of nitriles is 1. The fraction of sp³-hybridized carbons (Fsp3) is 0.269. The summed E-state index contributed by atoms with van der Waals surface area (Å²) in [5.41, 5.74) is 9.03. The predicted molar refractivity (Wildman–Crippen MR) is 133 cm³/mol. The molecule has 0 spiro atoms. The lowest BCUT2D eigenvalue weighted by atomic mass is 10.1. The number of hydrogen-bond acceptors (Lipinski definition) is 6. The molecule has 2 aliphatic rings. The number of benzene rings is 2. The zero-order valence-electron chi connectivity index (χ0n) is 19.7. The third-order valence-corrected chi connectivity index (χ3v) is 6.41. The van der Waals surface area contributed by atoms with Gasteiger partial charge in [0, 0.05) is 23.7 Å². The van der Waals surface area contributed by atoms with Gasteiger partial charge in [0.25, 0.3) is 11.8 Å². The average molecular weight is 484 g/mol. The van der Waals surface area contributed by atoms with E-state index in [9.17, 15) is 19.6 Å². The van der Waals surface area contributed by atoms with Crippen LogP contribution in [0.3, 0.4) is 0 Å².